The van der Waals surface area contributed by atoms with Crippen molar-refractivity contribution in [1.82, 2.24) is 0 Å². The molecule has 0 radical (unpaired) electrons. The highest BCUT2D eigenvalue weighted by molar-refractivity contribution is 5.93. The highest BCUT2D eigenvalue weighted by Crippen LogP contribution is 2.29. The summed E-state index contributed by atoms with van der Waals surface area (Å²) in [5.74, 6) is -0.189. The van der Waals surface area contributed by atoms with Gasteiger partial charge in [0.25, 0.3) is 5.91 Å². The molecule has 0 unspecified atom stereocenters. The third kappa shape index (κ3) is 5.09. The second kappa shape index (κ2) is 7.49. The molecule has 2 rings (SSSR count). The van der Waals surface area contributed by atoms with Crippen molar-refractivity contribution in [2.45, 2.75) is 32.6 Å². The number of nitrogens with two attached hydrogens (primary N) is 1. The maximum Gasteiger partial charge on any atom is 0.416 e. The quantitative estimate of drug-likeness (QED) is 0.865. The Morgan fingerprint density at radius 3 is 2.46 bits per heavy atom. The number of amides is 1. The van der Waals surface area contributed by atoms with Crippen molar-refractivity contribution in [3.05, 3.63) is 65.2 Å². The van der Waals surface area contributed by atoms with Crippen LogP contribution in [0.4, 0.5) is 18.9 Å². The fourth-order valence-electron chi connectivity index (χ4n) is 2.19. The number of hydrogen-bond donors (Lipinski definition) is 2. The van der Waals surface area contributed by atoms with Gasteiger partial charge >= 0.3 is 6.18 Å². The first-order chi connectivity index (χ1) is 11.3. The van der Waals surface area contributed by atoms with Crippen LogP contribution in [0.2, 0.25) is 0 Å². The van der Waals surface area contributed by atoms with Gasteiger partial charge in [0.05, 0.1) is 5.56 Å². The van der Waals surface area contributed by atoms with Crippen LogP contribution in [-0.2, 0) is 17.5 Å². The van der Waals surface area contributed by atoms with E-state index in [1.165, 1.54) is 6.07 Å². The average Bonchev–Trinajstić information content (AvgIpc) is 2.54. The number of carbonyl (C=O) groups excluding carboxylic acids is 1. The van der Waals surface area contributed by atoms with Crippen LogP contribution >= 0.6 is 0 Å². The third-order valence-corrected chi connectivity index (χ3v) is 3.69. The monoisotopic (exact) mass is 337 g/mol. The van der Waals surface area contributed by atoms with Crippen molar-refractivity contribution in [2.24, 2.45) is 0 Å². The first-order valence-electron chi connectivity index (χ1n) is 7.62. The Kier molecular flexibility index (Phi) is 5.62. The summed E-state index contributed by atoms with van der Waals surface area (Å²) in [7, 11) is 0. The van der Waals surface area contributed by atoms with Gasteiger partial charge in [-0.2, -0.15) is 13.2 Å². The van der Waals surface area contributed by atoms with E-state index < -0.39 is 17.8 Å². The van der Waals surface area contributed by atoms with Crippen LogP contribution in [0.1, 0.15) is 23.6 Å². The Labute approximate surface area is 138 Å². The summed E-state index contributed by atoms with van der Waals surface area (Å²) in [5.41, 5.74) is 1.65. The van der Waals surface area contributed by atoms with Crippen molar-refractivity contribution in [3.63, 3.8) is 0 Å². The van der Waals surface area contributed by atoms with E-state index in [-0.39, 0.29) is 5.91 Å². The molecule has 24 heavy (non-hydrogen) atoms. The maximum absolute atomic E-state index is 12.7. The topological polar surface area (TPSA) is 45.7 Å². The summed E-state index contributed by atoms with van der Waals surface area (Å²) < 4.78 is 38.1. The number of halogens is 3. The van der Waals surface area contributed by atoms with E-state index in [1.807, 2.05) is 31.2 Å². The predicted molar refractivity (Wildman–Crippen MR) is 86.3 cm³/mol. The van der Waals surface area contributed by atoms with E-state index in [1.54, 1.807) is 18.3 Å². The summed E-state index contributed by atoms with van der Waals surface area (Å²) in [6, 6.07) is 12.1. The number of nitrogens with one attached hydrogen (secondary N) is 1. The van der Waals surface area contributed by atoms with Crippen LogP contribution in [-0.4, -0.2) is 11.9 Å². The SMILES string of the molecule is Cc1ccc(NC(=O)[C@H](C)[NH2+]Cc2cccc(C(F)(F)F)c2)cc1. The zero-order valence-electron chi connectivity index (χ0n) is 13.5. The minimum Gasteiger partial charge on any atom is -0.333 e. The lowest BCUT2D eigenvalue weighted by Gasteiger charge is -2.12. The average molecular weight is 337 g/mol. The zero-order chi connectivity index (χ0) is 17.7. The van der Waals surface area contributed by atoms with Crippen molar-refractivity contribution in [1.29, 1.82) is 0 Å². The number of carbonyl (C=O) groups is 1. The minimum atomic E-state index is -4.36. The smallest absolute Gasteiger partial charge is 0.333 e. The van der Waals surface area contributed by atoms with E-state index >= 15 is 0 Å². The Morgan fingerprint density at radius 1 is 1.17 bits per heavy atom. The zero-order valence-corrected chi connectivity index (χ0v) is 13.5. The lowest BCUT2D eigenvalue weighted by molar-refractivity contribution is -0.688. The lowest BCUT2D eigenvalue weighted by atomic mass is 10.1. The highest BCUT2D eigenvalue weighted by atomic mass is 19.4. The van der Waals surface area contributed by atoms with Gasteiger partial charge < -0.3 is 10.6 Å². The molecular weight excluding hydrogens is 317 g/mol. The molecule has 0 bridgehead atoms. The number of quaternary nitrogens is 1. The van der Waals surface area contributed by atoms with Crippen LogP contribution in [0.3, 0.4) is 0 Å². The van der Waals surface area contributed by atoms with E-state index in [0.29, 0.717) is 17.8 Å². The molecule has 0 aliphatic carbocycles. The molecule has 0 aliphatic rings. The number of rotatable bonds is 5. The van der Waals surface area contributed by atoms with Crippen LogP contribution < -0.4 is 10.6 Å². The Bertz CT molecular complexity index is 696. The molecule has 3 nitrogen and oxygen atoms in total. The lowest BCUT2D eigenvalue weighted by Crippen LogP contribution is -2.90. The van der Waals surface area contributed by atoms with Gasteiger partial charge in [-0.1, -0.05) is 29.8 Å². The molecule has 0 saturated carbocycles. The van der Waals surface area contributed by atoms with Crippen molar-refractivity contribution >= 4 is 11.6 Å². The van der Waals surface area contributed by atoms with E-state index in [4.69, 9.17) is 0 Å². The number of anilines is 1. The summed E-state index contributed by atoms with van der Waals surface area (Å²) >= 11 is 0. The van der Waals surface area contributed by atoms with Crippen molar-refractivity contribution in [2.75, 3.05) is 5.32 Å². The largest absolute Gasteiger partial charge is 0.416 e. The first-order valence-corrected chi connectivity index (χ1v) is 7.62. The fourth-order valence-corrected chi connectivity index (χ4v) is 2.19. The molecule has 2 aromatic carbocycles. The fraction of sp³-hybridized carbons (Fsp3) is 0.278. The van der Waals surface area contributed by atoms with Crippen LogP contribution in [0.25, 0.3) is 0 Å². The van der Waals surface area contributed by atoms with Gasteiger partial charge in [0.2, 0.25) is 0 Å². The number of aryl methyl sites for hydroxylation is 1. The van der Waals surface area contributed by atoms with Gasteiger partial charge in [0, 0.05) is 11.3 Å². The first kappa shape index (κ1) is 18.0. The van der Waals surface area contributed by atoms with E-state index in [9.17, 15) is 18.0 Å². The van der Waals surface area contributed by atoms with Crippen molar-refractivity contribution in [3.8, 4) is 0 Å². The molecule has 1 atom stereocenters. The van der Waals surface area contributed by atoms with Gasteiger partial charge in [-0.05, 0) is 38.1 Å². The third-order valence-electron chi connectivity index (χ3n) is 3.69. The Morgan fingerprint density at radius 2 is 1.83 bits per heavy atom. The molecule has 128 valence electrons. The second-order valence-electron chi connectivity index (χ2n) is 5.78. The molecular formula is C18H20F3N2O+. The summed E-state index contributed by atoms with van der Waals surface area (Å²) in [4.78, 5) is 12.1. The summed E-state index contributed by atoms with van der Waals surface area (Å²) in [6.45, 7) is 3.97. The molecule has 6 heteroatoms. The number of benzene rings is 2. The molecule has 0 spiro atoms. The minimum absolute atomic E-state index is 0.189. The van der Waals surface area contributed by atoms with Gasteiger partial charge in [-0.25, -0.2) is 0 Å². The molecule has 2 aromatic rings. The predicted octanol–water partition coefficient (Wildman–Crippen LogP) is 3.10. The van der Waals surface area contributed by atoms with E-state index in [2.05, 4.69) is 5.32 Å². The molecule has 3 N–H and O–H groups in total. The Balaban J connectivity index is 1.91. The molecule has 0 fully saturated rings. The molecule has 0 aliphatic heterocycles. The maximum atomic E-state index is 12.7. The van der Waals surface area contributed by atoms with Gasteiger partial charge in [0.1, 0.15) is 6.54 Å². The molecule has 0 heterocycles. The van der Waals surface area contributed by atoms with E-state index in [0.717, 1.165) is 17.7 Å². The number of hydrogen-bond acceptors (Lipinski definition) is 1. The summed E-state index contributed by atoms with van der Waals surface area (Å²) in [5, 5.41) is 4.50. The van der Waals surface area contributed by atoms with Gasteiger partial charge in [-0.3, -0.25) is 4.79 Å². The van der Waals surface area contributed by atoms with Gasteiger partial charge in [-0.15, -0.1) is 0 Å². The molecule has 1 amide bonds. The number of alkyl halides is 3. The Hall–Kier alpha value is -2.34. The summed E-state index contributed by atoms with van der Waals surface area (Å²) in [6.07, 6.45) is -4.36. The normalized spacial score (nSPS) is 12.7. The van der Waals surface area contributed by atoms with Gasteiger partial charge in [0.15, 0.2) is 6.04 Å². The molecule has 0 saturated heterocycles. The van der Waals surface area contributed by atoms with Crippen LogP contribution in [0.5, 0.6) is 0 Å². The molecule has 0 aromatic heterocycles. The van der Waals surface area contributed by atoms with Crippen LogP contribution in [0.15, 0.2) is 48.5 Å². The highest BCUT2D eigenvalue weighted by Gasteiger charge is 2.30. The second-order valence-corrected chi connectivity index (χ2v) is 5.78. The van der Waals surface area contributed by atoms with Crippen molar-refractivity contribution < 1.29 is 23.3 Å². The van der Waals surface area contributed by atoms with Crippen LogP contribution in [0, 0.1) is 6.92 Å². The standard InChI is InChI=1S/C18H19F3N2O/c1-12-6-8-16(9-7-12)23-17(24)13(2)22-11-14-4-3-5-15(10-14)18(19,20)21/h3-10,13,22H,11H2,1-2H3,(H,23,24)/p+1/t13-/m0/s1.